The van der Waals surface area contributed by atoms with Crippen molar-refractivity contribution < 1.29 is 18.3 Å². The van der Waals surface area contributed by atoms with Gasteiger partial charge in [0.25, 0.3) is 5.91 Å². The zero-order valence-electron chi connectivity index (χ0n) is 16.0. The molecule has 0 aliphatic carbocycles. The van der Waals surface area contributed by atoms with E-state index >= 15 is 0 Å². The lowest BCUT2D eigenvalue weighted by Crippen LogP contribution is -2.46. The molecule has 0 bridgehead atoms. The smallest absolute Gasteiger partial charge is 0.273 e. The van der Waals surface area contributed by atoms with Gasteiger partial charge in [0, 0.05) is 12.7 Å². The van der Waals surface area contributed by atoms with Crippen LogP contribution in [0.2, 0.25) is 0 Å². The Morgan fingerprint density at radius 1 is 1.28 bits per heavy atom. The molecule has 2 aromatic rings. The maximum Gasteiger partial charge on any atom is 0.273 e. The number of amides is 1. The number of carbonyl (C=O) groups excluding carboxylic acids is 1. The molecule has 0 fully saturated rings. The Kier molecular flexibility index (Phi) is 7.76. The Morgan fingerprint density at radius 2 is 1.97 bits per heavy atom. The quantitative estimate of drug-likeness (QED) is 0.739. The number of benzene rings is 2. The van der Waals surface area contributed by atoms with Crippen LogP contribution in [-0.4, -0.2) is 35.7 Å². The van der Waals surface area contributed by atoms with Gasteiger partial charge in [-0.3, -0.25) is 4.79 Å². The first kappa shape index (κ1) is 23.3. The lowest BCUT2D eigenvalue weighted by Gasteiger charge is -2.36. The van der Waals surface area contributed by atoms with Gasteiger partial charge in [-0.1, -0.05) is 42.1 Å². The summed E-state index contributed by atoms with van der Waals surface area (Å²) in [6.45, 7) is 1.88. The average molecular weight is 442 g/mol. The van der Waals surface area contributed by atoms with Gasteiger partial charge in [-0.05, 0) is 43.7 Å². The molecular formula is C20H22ClF2N3O2S. The first-order valence-corrected chi connectivity index (χ1v) is 9.60. The summed E-state index contributed by atoms with van der Waals surface area (Å²) in [5, 5.41) is 5.91. The second-order valence-electron chi connectivity index (χ2n) is 6.35. The highest BCUT2D eigenvalue weighted by Gasteiger charge is 2.49. The molecule has 2 unspecified atom stereocenters. The third-order valence-corrected chi connectivity index (χ3v) is 6.02. The van der Waals surface area contributed by atoms with Crippen molar-refractivity contribution in [3.63, 3.8) is 0 Å². The van der Waals surface area contributed by atoms with Crippen LogP contribution in [0.25, 0.3) is 0 Å². The van der Waals surface area contributed by atoms with Gasteiger partial charge >= 0.3 is 0 Å². The highest BCUT2D eigenvalue weighted by atomic mass is 35.5. The molecule has 0 aromatic heterocycles. The molecule has 0 saturated carbocycles. The van der Waals surface area contributed by atoms with Gasteiger partial charge in [0.1, 0.15) is 27.7 Å². The molecule has 9 heteroatoms. The molecule has 2 N–H and O–H groups in total. The van der Waals surface area contributed by atoms with Gasteiger partial charge in [-0.2, -0.15) is 5.10 Å². The molecular weight excluding hydrogens is 420 g/mol. The van der Waals surface area contributed by atoms with E-state index < -0.39 is 22.6 Å². The van der Waals surface area contributed by atoms with Crippen LogP contribution in [0.5, 0.6) is 0 Å². The van der Waals surface area contributed by atoms with Crippen LogP contribution in [0, 0.1) is 11.6 Å². The number of nitrogens with two attached hydrogens (primary N) is 1. The summed E-state index contributed by atoms with van der Waals surface area (Å²) in [7, 11) is 1.43. The van der Waals surface area contributed by atoms with Crippen LogP contribution < -0.4 is 5.73 Å². The summed E-state index contributed by atoms with van der Waals surface area (Å²) >= 11 is 1.19. The minimum absolute atomic E-state index is 0. The number of nitrogens with zero attached hydrogens (tertiary/aromatic N) is 2. The van der Waals surface area contributed by atoms with E-state index in [0.717, 1.165) is 23.8 Å². The van der Waals surface area contributed by atoms with Gasteiger partial charge in [0.2, 0.25) is 0 Å². The SMILES string of the molecule is COC(C)C(=O)N1N=C(c2cc(F)ccc2F)SC1(CCN)c1ccccc1.Cl. The Labute approximate surface area is 178 Å². The van der Waals surface area contributed by atoms with Crippen molar-refractivity contribution in [2.45, 2.75) is 24.3 Å². The lowest BCUT2D eigenvalue weighted by molar-refractivity contribution is -0.144. The molecule has 5 nitrogen and oxygen atoms in total. The first-order valence-electron chi connectivity index (χ1n) is 8.78. The van der Waals surface area contributed by atoms with Gasteiger partial charge in [0.05, 0.1) is 0 Å². The Hall–Kier alpha value is -2.00. The maximum absolute atomic E-state index is 14.4. The molecule has 0 spiro atoms. The van der Waals surface area contributed by atoms with Crippen molar-refractivity contribution >= 4 is 35.1 Å². The number of hydrogen-bond acceptors (Lipinski definition) is 5. The molecule has 1 aliphatic rings. The predicted molar refractivity (Wildman–Crippen MR) is 113 cm³/mol. The van der Waals surface area contributed by atoms with E-state index in [2.05, 4.69) is 5.10 Å². The first-order chi connectivity index (χ1) is 13.4. The number of hydrazone groups is 1. The van der Waals surface area contributed by atoms with Crippen LogP contribution in [0.15, 0.2) is 53.6 Å². The molecule has 1 amide bonds. The number of halogens is 3. The monoisotopic (exact) mass is 441 g/mol. The normalized spacial score (nSPS) is 19.5. The summed E-state index contributed by atoms with van der Waals surface area (Å²) < 4.78 is 33.3. The molecule has 2 aromatic carbocycles. The Balaban J connectivity index is 0.00000300. The van der Waals surface area contributed by atoms with Crippen molar-refractivity contribution in [1.82, 2.24) is 5.01 Å². The van der Waals surface area contributed by atoms with Gasteiger partial charge in [-0.25, -0.2) is 13.8 Å². The van der Waals surface area contributed by atoms with Crippen LogP contribution in [-0.2, 0) is 14.4 Å². The molecule has 1 heterocycles. The Morgan fingerprint density at radius 3 is 2.59 bits per heavy atom. The third kappa shape index (κ3) is 4.45. The van der Waals surface area contributed by atoms with E-state index in [4.69, 9.17) is 10.5 Å². The number of methoxy groups -OCH3 is 1. The van der Waals surface area contributed by atoms with E-state index in [1.165, 1.54) is 23.9 Å². The van der Waals surface area contributed by atoms with Crippen LogP contribution in [0.3, 0.4) is 0 Å². The van der Waals surface area contributed by atoms with E-state index in [0.29, 0.717) is 6.42 Å². The predicted octanol–water partition coefficient (Wildman–Crippen LogP) is 3.86. The number of carbonyl (C=O) groups is 1. The number of hydrogen-bond donors (Lipinski definition) is 1. The molecule has 0 radical (unpaired) electrons. The molecule has 1 aliphatic heterocycles. The van der Waals surface area contributed by atoms with E-state index in [1.54, 1.807) is 6.92 Å². The molecule has 29 heavy (non-hydrogen) atoms. The third-order valence-electron chi connectivity index (χ3n) is 4.58. The Bertz CT molecular complexity index is 901. The molecule has 3 rings (SSSR count). The van der Waals surface area contributed by atoms with Crippen LogP contribution in [0.1, 0.15) is 24.5 Å². The molecule has 156 valence electrons. The fourth-order valence-electron chi connectivity index (χ4n) is 3.04. The van der Waals surface area contributed by atoms with Crippen molar-refractivity contribution in [3.05, 3.63) is 71.3 Å². The van der Waals surface area contributed by atoms with Gasteiger partial charge in [-0.15, -0.1) is 12.4 Å². The van der Waals surface area contributed by atoms with Crippen molar-refractivity contribution in [2.24, 2.45) is 10.8 Å². The van der Waals surface area contributed by atoms with Crippen LogP contribution in [0.4, 0.5) is 8.78 Å². The fraction of sp³-hybridized carbons (Fsp3) is 0.300. The van der Waals surface area contributed by atoms with E-state index in [1.807, 2.05) is 30.3 Å². The largest absolute Gasteiger partial charge is 0.372 e. The standard InChI is InChI=1S/C20H21F2N3O2S.ClH/c1-13(27-2)19(26)25-20(10-11-23,14-6-4-3-5-7-14)28-18(24-25)16-12-15(21)8-9-17(16)22;/h3-9,12-13H,10-11,23H2,1-2H3;1H. The average Bonchev–Trinajstić information content (AvgIpc) is 3.10. The summed E-state index contributed by atoms with van der Waals surface area (Å²) in [6, 6.07) is 12.4. The molecule has 0 saturated heterocycles. The van der Waals surface area contributed by atoms with Gasteiger partial charge < -0.3 is 10.5 Å². The second kappa shape index (κ2) is 9.67. The highest BCUT2D eigenvalue weighted by Crippen LogP contribution is 2.50. The van der Waals surface area contributed by atoms with Gasteiger partial charge in [0.15, 0.2) is 0 Å². The summed E-state index contributed by atoms with van der Waals surface area (Å²) in [6.07, 6.45) is -0.393. The summed E-state index contributed by atoms with van der Waals surface area (Å²) in [4.78, 5) is 12.1. The summed E-state index contributed by atoms with van der Waals surface area (Å²) in [5.74, 6) is -1.59. The van der Waals surface area contributed by atoms with E-state index in [9.17, 15) is 13.6 Å². The van der Waals surface area contributed by atoms with E-state index in [-0.39, 0.29) is 35.5 Å². The molecule has 2 atom stereocenters. The fourth-order valence-corrected chi connectivity index (χ4v) is 4.44. The highest BCUT2D eigenvalue weighted by molar-refractivity contribution is 8.15. The van der Waals surface area contributed by atoms with Crippen molar-refractivity contribution in [2.75, 3.05) is 13.7 Å². The lowest BCUT2D eigenvalue weighted by atomic mass is 10.0. The van der Waals surface area contributed by atoms with Crippen molar-refractivity contribution in [3.8, 4) is 0 Å². The second-order valence-corrected chi connectivity index (χ2v) is 7.61. The number of thioether (sulfide) groups is 1. The zero-order chi connectivity index (χ0) is 20.3. The minimum atomic E-state index is -0.978. The minimum Gasteiger partial charge on any atom is -0.372 e. The zero-order valence-corrected chi connectivity index (χ0v) is 17.6. The number of ether oxygens (including phenoxy) is 1. The van der Waals surface area contributed by atoms with Crippen LogP contribution >= 0.6 is 24.2 Å². The topological polar surface area (TPSA) is 67.9 Å². The van der Waals surface area contributed by atoms with Crippen molar-refractivity contribution in [1.29, 1.82) is 0 Å². The maximum atomic E-state index is 14.4. The summed E-state index contributed by atoms with van der Waals surface area (Å²) in [5.41, 5.74) is 6.66. The number of rotatable bonds is 6.